The van der Waals surface area contributed by atoms with Gasteiger partial charge >= 0.3 is 0 Å². The van der Waals surface area contributed by atoms with Crippen molar-refractivity contribution < 1.29 is 24.6 Å². The van der Waals surface area contributed by atoms with Crippen LogP contribution in [0.2, 0.25) is 0 Å². The van der Waals surface area contributed by atoms with Crippen LogP contribution < -0.4 is 4.90 Å². The largest absolute Gasteiger partial charge is 0.508 e. The number of fused-ring (bicyclic) bond motifs is 2. The van der Waals surface area contributed by atoms with Gasteiger partial charge in [-0.3, -0.25) is 4.90 Å². The minimum atomic E-state index is -0.560. The molecule has 0 radical (unpaired) electrons. The average molecular weight is 294 g/mol. The molecule has 1 saturated heterocycles. The van der Waals surface area contributed by atoms with Crippen LogP contribution in [-0.4, -0.2) is 42.3 Å². The fourth-order valence-electron chi connectivity index (χ4n) is 3.68. The molecule has 0 aliphatic carbocycles. The summed E-state index contributed by atoms with van der Waals surface area (Å²) in [4.78, 5) is 1.14. The first-order valence-electron chi connectivity index (χ1n) is 7.40. The maximum absolute atomic E-state index is 10.3. The average Bonchev–Trinajstić information content (AvgIpc) is 2.42. The molecule has 5 heteroatoms. The van der Waals surface area contributed by atoms with E-state index >= 15 is 0 Å². The van der Waals surface area contributed by atoms with Gasteiger partial charge in [0.1, 0.15) is 11.4 Å². The fraction of sp³-hybridized carbons (Fsp3) is 0.625. The lowest BCUT2D eigenvalue weighted by Gasteiger charge is -2.49. The van der Waals surface area contributed by atoms with Gasteiger partial charge in [0.05, 0.1) is 30.8 Å². The van der Waals surface area contributed by atoms with E-state index in [1.54, 1.807) is 19.2 Å². The predicted molar refractivity (Wildman–Crippen MR) is 77.5 cm³/mol. The Kier molecular flexibility index (Phi) is 3.48. The van der Waals surface area contributed by atoms with Crippen molar-refractivity contribution >= 4 is 5.69 Å². The van der Waals surface area contributed by atoms with E-state index in [1.165, 1.54) is 0 Å². The quantitative estimate of drug-likeness (QED) is 0.669. The second kappa shape index (κ2) is 4.95. The summed E-state index contributed by atoms with van der Waals surface area (Å²) in [5.74, 6) is 0.298. The van der Waals surface area contributed by atoms with Crippen LogP contribution >= 0.6 is 0 Å². The van der Waals surface area contributed by atoms with E-state index in [4.69, 9.17) is 9.47 Å². The lowest BCUT2D eigenvalue weighted by molar-refractivity contribution is -0.883. The highest BCUT2D eigenvalue weighted by molar-refractivity contribution is 5.47. The molecule has 1 aromatic rings. The van der Waals surface area contributed by atoms with E-state index in [0.717, 1.165) is 16.2 Å². The Morgan fingerprint density at radius 1 is 1.38 bits per heavy atom. The number of aliphatic hydroxyl groups is 1. The first-order chi connectivity index (χ1) is 9.85. The Bertz CT molecular complexity index is 545. The molecule has 5 nitrogen and oxygen atoms in total. The number of aromatic hydroxyl groups is 1. The maximum atomic E-state index is 10.3. The van der Waals surface area contributed by atoms with Crippen LogP contribution in [0.3, 0.4) is 0 Å². The molecule has 0 saturated carbocycles. The lowest BCUT2D eigenvalue weighted by Crippen LogP contribution is -3.11. The summed E-state index contributed by atoms with van der Waals surface area (Å²) in [6.45, 7) is 3.85. The van der Waals surface area contributed by atoms with E-state index in [9.17, 15) is 10.2 Å². The number of phenolic OH excluding ortho intramolecular Hbond substituents is 1. The molecule has 2 aliphatic heterocycles. The SMILES string of the molecule is CO[C@@H]1c2cc(O)ccc2[NH+](C)C2OC(C)(C)[C@@H](O)C[C@@H]21. The summed E-state index contributed by atoms with van der Waals surface area (Å²) < 4.78 is 11.9. The second-order valence-corrected chi connectivity index (χ2v) is 6.67. The molecular formula is C16H24NO4+. The smallest absolute Gasteiger partial charge is 0.202 e. The molecule has 5 atom stereocenters. The topological polar surface area (TPSA) is 63.4 Å². The summed E-state index contributed by atoms with van der Waals surface area (Å²) in [6.07, 6.45) is -0.136. The second-order valence-electron chi connectivity index (χ2n) is 6.67. The number of nitrogens with one attached hydrogen (secondary N) is 1. The van der Waals surface area contributed by atoms with Crippen molar-refractivity contribution in [2.24, 2.45) is 5.92 Å². The Balaban J connectivity index is 2.06. The molecule has 2 aliphatic rings. The van der Waals surface area contributed by atoms with E-state index in [-0.39, 0.29) is 24.0 Å². The molecule has 0 spiro atoms. The van der Waals surface area contributed by atoms with Crippen LogP contribution in [0.5, 0.6) is 5.75 Å². The Morgan fingerprint density at radius 2 is 2.10 bits per heavy atom. The zero-order chi connectivity index (χ0) is 15.4. The molecule has 1 aromatic carbocycles. The molecule has 0 aromatic heterocycles. The van der Waals surface area contributed by atoms with Gasteiger partial charge in [-0.2, -0.15) is 0 Å². The minimum Gasteiger partial charge on any atom is -0.508 e. The van der Waals surface area contributed by atoms with Gasteiger partial charge in [-0.15, -0.1) is 0 Å². The first-order valence-corrected chi connectivity index (χ1v) is 7.40. The highest BCUT2D eigenvalue weighted by Crippen LogP contribution is 2.44. The number of quaternary nitrogens is 1. The molecule has 3 N–H and O–H groups in total. The lowest BCUT2D eigenvalue weighted by atomic mass is 9.78. The Morgan fingerprint density at radius 3 is 2.76 bits per heavy atom. The molecule has 3 rings (SSSR count). The third kappa shape index (κ3) is 2.25. The summed E-state index contributed by atoms with van der Waals surface area (Å²) in [6, 6.07) is 5.37. The number of ether oxygens (including phenoxy) is 2. The van der Waals surface area contributed by atoms with Gasteiger partial charge in [0.25, 0.3) is 0 Å². The van der Waals surface area contributed by atoms with Crippen molar-refractivity contribution in [2.45, 2.75) is 44.3 Å². The summed E-state index contributed by atoms with van der Waals surface area (Å²) in [5.41, 5.74) is 1.50. The van der Waals surface area contributed by atoms with Gasteiger partial charge in [-0.25, -0.2) is 0 Å². The number of phenols is 1. The van der Waals surface area contributed by atoms with Gasteiger partial charge in [0, 0.05) is 18.7 Å². The highest BCUT2D eigenvalue weighted by Gasteiger charge is 2.53. The molecule has 0 bridgehead atoms. The molecular weight excluding hydrogens is 270 g/mol. The third-order valence-corrected chi connectivity index (χ3v) is 4.95. The van der Waals surface area contributed by atoms with Crippen molar-refractivity contribution in [3.63, 3.8) is 0 Å². The molecule has 0 amide bonds. The minimum absolute atomic E-state index is 0.0623. The van der Waals surface area contributed by atoms with E-state index in [1.807, 2.05) is 19.9 Å². The summed E-state index contributed by atoms with van der Waals surface area (Å²) in [7, 11) is 3.73. The molecule has 1 fully saturated rings. The fourth-order valence-corrected chi connectivity index (χ4v) is 3.68. The van der Waals surface area contributed by atoms with Crippen LogP contribution in [0.4, 0.5) is 5.69 Å². The van der Waals surface area contributed by atoms with Crippen LogP contribution in [0.1, 0.15) is 31.9 Å². The summed E-state index contributed by atoms with van der Waals surface area (Å²) in [5, 5.41) is 20.1. The number of aliphatic hydroxyl groups excluding tert-OH is 1. The number of hydrogen-bond acceptors (Lipinski definition) is 4. The first kappa shape index (κ1) is 14.8. The van der Waals surface area contributed by atoms with E-state index < -0.39 is 11.7 Å². The monoisotopic (exact) mass is 294 g/mol. The zero-order valence-electron chi connectivity index (χ0n) is 13.0. The van der Waals surface area contributed by atoms with Gasteiger partial charge in [-0.05, 0) is 32.4 Å². The standard InChI is InChI=1S/C16H23NO4/c1-16(2)13(19)8-11-14(20-4)10-7-9(18)5-6-12(10)17(3)15(11)21-16/h5-7,11,13-15,18-19H,8H2,1-4H3/p+1/t11-,13+,14-,15?/m1/s1. The Hall–Kier alpha value is -1.14. The van der Waals surface area contributed by atoms with Crippen LogP contribution in [0.25, 0.3) is 0 Å². The van der Waals surface area contributed by atoms with Crippen LogP contribution in [0, 0.1) is 5.92 Å². The van der Waals surface area contributed by atoms with Crippen molar-refractivity contribution in [2.75, 3.05) is 14.2 Å². The number of rotatable bonds is 1. The van der Waals surface area contributed by atoms with Gasteiger partial charge in [-0.1, -0.05) is 0 Å². The van der Waals surface area contributed by atoms with Crippen molar-refractivity contribution in [1.82, 2.24) is 0 Å². The number of hydrogen-bond donors (Lipinski definition) is 3. The van der Waals surface area contributed by atoms with E-state index in [2.05, 4.69) is 7.05 Å². The molecule has 21 heavy (non-hydrogen) atoms. The molecule has 2 unspecified atom stereocenters. The van der Waals surface area contributed by atoms with Crippen molar-refractivity contribution in [1.29, 1.82) is 0 Å². The van der Waals surface area contributed by atoms with Crippen molar-refractivity contribution in [3.8, 4) is 5.75 Å². The normalized spacial score (nSPS) is 37.7. The van der Waals surface area contributed by atoms with Gasteiger partial charge in [0.15, 0.2) is 0 Å². The molecule has 116 valence electrons. The molecule has 2 heterocycles. The highest BCUT2D eigenvalue weighted by atomic mass is 16.5. The van der Waals surface area contributed by atoms with E-state index in [0.29, 0.717) is 6.42 Å². The van der Waals surface area contributed by atoms with Crippen molar-refractivity contribution in [3.05, 3.63) is 23.8 Å². The zero-order valence-corrected chi connectivity index (χ0v) is 13.0. The van der Waals surface area contributed by atoms with Gasteiger partial charge < -0.3 is 19.7 Å². The number of benzene rings is 1. The van der Waals surface area contributed by atoms with Crippen LogP contribution in [0.15, 0.2) is 18.2 Å². The maximum Gasteiger partial charge on any atom is 0.202 e. The Labute approximate surface area is 125 Å². The number of methoxy groups -OCH3 is 1. The predicted octanol–water partition coefficient (Wildman–Crippen LogP) is 0.742. The van der Waals surface area contributed by atoms with Crippen LogP contribution in [-0.2, 0) is 9.47 Å². The van der Waals surface area contributed by atoms with Gasteiger partial charge in [0.2, 0.25) is 6.23 Å². The third-order valence-electron chi connectivity index (χ3n) is 4.95. The summed E-state index contributed by atoms with van der Waals surface area (Å²) >= 11 is 0.